The van der Waals surface area contributed by atoms with E-state index < -0.39 is 11.4 Å². The van der Waals surface area contributed by atoms with Gasteiger partial charge in [-0.15, -0.1) is 0 Å². The molecule has 1 aliphatic carbocycles. The van der Waals surface area contributed by atoms with E-state index in [1.807, 2.05) is 12.1 Å². The van der Waals surface area contributed by atoms with Crippen LogP contribution in [0.15, 0.2) is 24.3 Å². The molecule has 1 saturated carbocycles. The van der Waals surface area contributed by atoms with Crippen molar-refractivity contribution in [1.82, 2.24) is 0 Å². The molecule has 1 aromatic rings. The lowest BCUT2D eigenvalue weighted by atomic mass is 9.90. The summed E-state index contributed by atoms with van der Waals surface area (Å²) in [7, 11) is 0. The fourth-order valence-corrected chi connectivity index (χ4v) is 2.64. The summed E-state index contributed by atoms with van der Waals surface area (Å²) < 4.78 is 5.38. The van der Waals surface area contributed by atoms with Crippen LogP contribution in [0, 0.1) is 0 Å². The predicted octanol–water partition coefficient (Wildman–Crippen LogP) is 2.31. The zero-order chi connectivity index (χ0) is 11.9. The molecule has 0 aromatic heterocycles. The minimum absolute atomic E-state index is 0.444. The van der Waals surface area contributed by atoms with Gasteiger partial charge in [-0.05, 0) is 30.4 Å². The second-order valence-electron chi connectivity index (χ2n) is 5.07. The topological polar surface area (TPSA) is 46.5 Å². The summed E-state index contributed by atoms with van der Waals surface area (Å²) in [6, 6.07) is 8.08. The largest absolute Gasteiger partial charge is 0.481 e. The van der Waals surface area contributed by atoms with Gasteiger partial charge in [-0.25, -0.2) is 0 Å². The van der Waals surface area contributed by atoms with Crippen LogP contribution in [0.3, 0.4) is 0 Å². The number of carboxylic acid groups (broad SMARTS) is 1. The number of hydrogen-bond acceptors (Lipinski definition) is 2. The minimum Gasteiger partial charge on any atom is -0.481 e. The fraction of sp³-hybridized carbons (Fsp3) is 0.500. The van der Waals surface area contributed by atoms with Gasteiger partial charge in [0.15, 0.2) is 0 Å². The Bertz CT molecular complexity index is 443. The molecule has 2 fully saturated rings. The third-order valence-electron chi connectivity index (χ3n) is 4.00. The Balaban J connectivity index is 1.91. The molecular weight excluding hydrogens is 216 g/mol. The van der Waals surface area contributed by atoms with Crippen molar-refractivity contribution in [3.05, 3.63) is 35.4 Å². The Morgan fingerprint density at radius 1 is 1.41 bits per heavy atom. The van der Waals surface area contributed by atoms with Crippen LogP contribution in [-0.4, -0.2) is 24.3 Å². The smallest absolute Gasteiger partial charge is 0.314 e. The summed E-state index contributed by atoms with van der Waals surface area (Å²) in [6.07, 6.45) is 2.59. The number of rotatable bonds is 3. The number of aliphatic carboxylic acids is 1. The molecular formula is C14H16O3. The summed E-state index contributed by atoms with van der Waals surface area (Å²) in [4.78, 5) is 11.3. The first kappa shape index (κ1) is 10.8. The Kier molecular flexibility index (Phi) is 2.44. The molecule has 1 aromatic carbocycles. The lowest BCUT2D eigenvalue weighted by Crippen LogP contribution is -2.19. The SMILES string of the molecule is O=C(O)C1(c2cccc(C3CCOC3)c2)CC1. The highest BCUT2D eigenvalue weighted by atomic mass is 16.5. The van der Waals surface area contributed by atoms with Gasteiger partial charge < -0.3 is 9.84 Å². The van der Waals surface area contributed by atoms with E-state index in [9.17, 15) is 9.90 Å². The Hall–Kier alpha value is -1.35. The Morgan fingerprint density at radius 3 is 2.82 bits per heavy atom. The lowest BCUT2D eigenvalue weighted by molar-refractivity contribution is -0.140. The summed E-state index contributed by atoms with van der Waals surface area (Å²) in [5.41, 5.74) is 1.61. The van der Waals surface area contributed by atoms with Gasteiger partial charge in [0, 0.05) is 12.5 Å². The number of carbonyl (C=O) groups is 1. The van der Waals surface area contributed by atoms with Gasteiger partial charge in [0.05, 0.1) is 12.0 Å². The molecule has 3 nitrogen and oxygen atoms in total. The number of ether oxygens (including phenoxy) is 1. The molecule has 0 spiro atoms. The molecule has 2 aliphatic rings. The van der Waals surface area contributed by atoms with Crippen LogP contribution in [0.2, 0.25) is 0 Å². The van der Waals surface area contributed by atoms with Crippen molar-refractivity contribution in [1.29, 1.82) is 0 Å². The Morgan fingerprint density at radius 2 is 2.24 bits per heavy atom. The maximum absolute atomic E-state index is 11.3. The van der Waals surface area contributed by atoms with E-state index in [0.29, 0.717) is 5.92 Å². The predicted molar refractivity (Wildman–Crippen MR) is 63.2 cm³/mol. The van der Waals surface area contributed by atoms with Crippen LogP contribution >= 0.6 is 0 Å². The third kappa shape index (κ3) is 1.75. The Labute approximate surface area is 100 Å². The molecule has 3 rings (SSSR count). The van der Waals surface area contributed by atoms with E-state index in [1.54, 1.807) is 0 Å². The van der Waals surface area contributed by atoms with Crippen LogP contribution in [0.4, 0.5) is 0 Å². The first-order valence-electron chi connectivity index (χ1n) is 6.14. The molecule has 0 amide bonds. The lowest BCUT2D eigenvalue weighted by Gasteiger charge is -2.14. The molecule has 0 radical (unpaired) electrons. The number of benzene rings is 1. The maximum Gasteiger partial charge on any atom is 0.314 e. The average Bonchev–Trinajstić information content (AvgIpc) is 2.98. The third-order valence-corrected chi connectivity index (χ3v) is 4.00. The molecule has 1 heterocycles. The summed E-state index contributed by atoms with van der Waals surface area (Å²) in [5, 5.41) is 9.29. The van der Waals surface area contributed by atoms with Crippen molar-refractivity contribution in [2.75, 3.05) is 13.2 Å². The highest BCUT2D eigenvalue weighted by molar-refractivity contribution is 5.84. The molecule has 1 aliphatic heterocycles. The van der Waals surface area contributed by atoms with E-state index in [2.05, 4.69) is 12.1 Å². The van der Waals surface area contributed by atoms with E-state index in [0.717, 1.165) is 38.0 Å². The highest BCUT2D eigenvalue weighted by Gasteiger charge is 2.51. The normalized spacial score (nSPS) is 25.8. The van der Waals surface area contributed by atoms with E-state index >= 15 is 0 Å². The van der Waals surface area contributed by atoms with Crippen molar-refractivity contribution in [3.8, 4) is 0 Å². The van der Waals surface area contributed by atoms with Gasteiger partial charge in [0.25, 0.3) is 0 Å². The van der Waals surface area contributed by atoms with Crippen molar-refractivity contribution >= 4 is 5.97 Å². The zero-order valence-electron chi connectivity index (χ0n) is 9.69. The molecule has 3 heteroatoms. The van der Waals surface area contributed by atoms with E-state index in [1.165, 1.54) is 5.56 Å². The monoisotopic (exact) mass is 232 g/mol. The minimum atomic E-state index is -0.683. The summed E-state index contributed by atoms with van der Waals surface area (Å²) in [5.74, 6) is -0.239. The standard InChI is InChI=1S/C14H16O3/c15-13(16)14(5-6-14)12-3-1-2-10(8-12)11-4-7-17-9-11/h1-3,8,11H,4-7,9H2,(H,15,16). The van der Waals surface area contributed by atoms with Gasteiger partial charge in [0.1, 0.15) is 0 Å². The first-order valence-corrected chi connectivity index (χ1v) is 6.14. The highest BCUT2D eigenvalue weighted by Crippen LogP contribution is 2.48. The van der Waals surface area contributed by atoms with Crippen molar-refractivity contribution in [2.24, 2.45) is 0 Å². The zero-order valence-corrected chi connectivity index (χ0v) is 9.69. The van der Waals surface area contributed by atoms with Crippen molar-refractivity contribution in [3.63, 3.8) is 0 Å². The summed E-state index contributed by atoms with van der Waals surface area (Å²) in [6.45, 7) is 1.59. The molecule has 90 valence electrons. The van der Waals surface area contributed by atoms with Gasteiger partial charge in [0.2, 0.25) is 0 Å². The van der Waals surface area contributed by atoms with Crippen LogP contribution in [0.25, 0.3) is 0 Å². The van der Waals surface area contributed by atoms with Gasteiger partial charge in [-0.1, -0.05) is 24.3 Å². The van der Waals surface area contributed by atoms with Crippen LogP contribution < -0.4 is 0 Å². The van der Waals surface area contributed by atoms with Crippen molar-refractivity contribution < 1.29 is 14.6 Å². The molecule has 17 heavy (non-hydrogen) atoms. The molecule has 1 N–H and O–H groups in total. The molecule has 1 saturated heterocycles. The van der Waals surface area contributed by atoms with Gasteiger partial charge >= 0.3 is 5.97 Å². The van der Waals surface area contributed by atoms with E-state index in [-0.39, 0.29) is 0 Å². The van der Waals surface area contributed by atoms with Crippen LogP contribution in [0.5, 0.6) is 0 Å². The van der Waals surface area contributed by atoms with Gasteiger partial charge in [-0.2, -0.15) is 0 Å². The quantitative estimate of drug-likeness (QED) is 0.869. The first-order chi connectivity index (χ1) is 8.22. The maximum atomic E-state index is 11.3. The number of carboxylic acids is 1. The second kappa shape index (κ2) is 3.84. The van der Waals surface area contributed by atoms with Crippen molar-refractivity contribution in [2.45, 2.75) is 30.6 Å². The average molecular weight is 232 g/mol. The van der Waals surface area contributed by atoms with Crippen LogP contribution in [-0.2, 0) is 14.9 Å². The molecule has 1 unspecified atom stereocenters. The summed E-state index contributed by atoms with van der Waals surface area (Å²) >= 11 is 0. The second-order valence-corrected chi connectivity index (χ2v) is 5.07. The number of hydrogen-bond donors (Lipinski definition) is 1. The van der Waals surface area contributed by atoms with Gasteiger partial charge in [-0.3, -0.25) is 4.79 Å². The molecule has 0 bridgehead atoms. The fourth-order valence-electron chi connectivity index (χ4n) is 2.64. The molecule has 1 atom stereocenters. The van der Waals surface area contributed by atoms with E-state index in [4.69, 9.17) is 4.74 Å². The van der Waals surface area contributed by atoms with Crippen LogP contribution in [0.1, 0.15) is 36.3 Å².